The molecule has 2 aromatic heterocycles. The van der Waals surface area contributed by atoms with Gasteiger partial charge in [-0.15, -0.1) is 0 Å². The van der Waals surface area contributed by atoms with E-state index in [2.05, 4.69) is 49.1 Å². The molecular weight excluding hydrogens is 480 g/mol. The van der Waals surface area contributed by atoms with Crippen molar-refractivity contribution in [3.8, 4) is 0 Å². The third-order valence-corrected chi connectivity index (χ3v) is 6.35. The SMILES string of the molecule is CCCCc1nc2c(N)nc3ccccc3c2n1CCCCNC(=O)Nc1ccccc1Br. The predicted octanol–water partition coefficient (Wildman–Crippen LogP) is 5.87. The van der Waals surface area contributed by atoms with Gasteiger partial charge in [0.2, 0.25) is 0 Å². The number of unbranched alkanes of at least 4 members (excludes halogenated alkanes) is 2. The van der Waals surface area contributed by atoms with Crippen LogP contribution in [0.3, 0.4) is 0 Å². The van der Waals surface area contributed by atoms with Crippen LogP contribution in [0.1, 0.15) is 38.4 Å². The second-order valence-electron chi connectivity index (χ2n) is 8.06. The molecule has 4 rings (SSSR count). The first kappa shape index (κ1) is 23.0. The summed E-state index contributed by atoms with van der Waals surface area (Å²) in [5.41, 5.74) is 9.75. The smallest absolute Gasteiger partial charge is 0.319 e. The van der Waals surface area contributed by atoms with Crippen molar-refractivity contribution in [3.63, 3.8) is 0 Å². The molecule has 172 valence electrons. The van der Waals surface area contributed by atoms with E-state index in [4.69, 9.17) is 10.7 Å². The minimum Gasteiger partial charge on any atom is -0.382 e. The number of amides is 2. The Morgan fingerprint density at radius 2 is 1.85 bits per heavy atom. The summed E-state index contributed by atoms with van der Waals surface area (Å²) >= 11 is 3.44. The van der Waals surface area contributed by atoms with Gasteiger partial charge < -0.3 is 20.9 Å². The van der Waals surface area contributed by atoms with E-state index in [0.29, 0.717) is 12.4 Å². The lowest BCUT2D eigenvalue weighted by atomic mass is 10.2. The minimum absolute atomic E-state index is 0.205. The highest BCUT2D eigenvalue weighted by Gasteiger charge is 2.16. The number of halogens is 1. The molecule has 0 unspecified atom stereocenters. The van der Waals surface area contributed by atoms with Crippen LogP contribution in [0.4, 0.5) is 16.3 Å². The lowest BCUT2D eigenvalue weighted by Crippen LogP contribution is -2.29. The molecule has 0 saturated heterocycles. The zero-order valence-electron chi connectivity index (χ0n) is 18.8. The van der Waals surface area contributed by atoms with Crippen LogP contribution in [0.2, 0.25) is 0 Å². The van der Waals surface area contributed by atoms with E-state index in [1.54, 1.807) is 0 Å². The van der Waals surface area contributed by atoms with Gasteiger partial charge >= 0.3 is 6.03 Å². The van der Waals surface area contributed by atoms with E-state index < -0.39 is 0 Å². The van der Waals surface area contributed by atoms with Crippen molar-refractivity contribution in [2.45, 2.75) is 45.6 Å². The zero-order chi connectivity index (χ0) is 23.2. The Hall–Kier alpha value is -3.13. The van der Waals surface area contributed by atoms with Crippen LogP contribution < -0.4 is 16.4 Å². The summed E-state index contributed by atoms with van der Waals surface area (Å²) in [4.78, 5) is 21.6. The highest BCUT2D eigenvalue weighted by atomic mass is 79.9. The number of carbonyl (C=O) groups excluding carboxylic acids is 1. The van der Waals surface area contributed by atoms with E-state index in [1.165, 1.54) is 0 Å². The van der Waals surface area contributed by atoms with Gasteiger partial charge in [-0.3, -0.25) is 0 Å². The zero-order valence-corrected chi connectivity index (χ0v) is 20.4. The molecule has 33 heavy (non-hydrogen) atoms. The van der Waals surface area contributed by atoms with Crippen LogP contribution in [0.5, 0.6) is 0 Å². The Morgan fingerprint density at radius 3 is 2.67 bits per heavy atom. The first-order chi connectivity index (χ1) is 16.1. The number of imidazole rings is 1. The highest BCUT2D eigenvalue weighted by Crippen LogP contribution is 2.29. The van der Waals surface area contributed by atoms with Crippen molar-refractivity contribution < 1.29 is 4.79 Å². The maximum atomic E-state index is 12.2. The van der Waals surface area contributed by atoms with Crippen LogP contribution in [0.15, 0.2) is 53.0 Å². The van der Waals surface area contributed by atoms with Gasteiger partial charge in [0.1, 0.15) is 11.3 Å². The monoisotopic (exact) mass is 508 g/mol. The number of nitrogens with two attached hydrogens (primary N) is 1. The second-order valence-corrected chi connectivity index (χ2v) is 8.92. The van der Waals surface area contributed by atoms with Crippen LogP contribution in [-0.2, 0) is 13.0 Å². The molecule has 2 heterocycles. The molecule has 0 spiro atoms. The fraction of sp³-hybridized carbons (Fsp3) is 0.320. The number of carbonyl (C=O) groups is 1. The molecule has 0 fully saturated rings. The Kier molecular flexibility index (Phi) is 7.44. The maximum absolute atomic E-state index is 12.2. The number of hydrogen-bond acceptors (Lipinski definition) is 4. The number of benzene rings is 2. The number of pyridine rings is 1. The molecule has 0 radical (unpaired) electrons. The second kappa shape index (κ2) is 10.7. The Labute approximate surface area is 201 Å². The number of nitrogen functional groups attached to an aromatic ring is 1. The summed E-state index contributed by atoms with van der Waals surface area (Å²) in [6.07, 6.45) is 4.86. The van der Waals surface area contributed by atoms with E-state index in [-0.39, 0.29) is 6.03 Å². The number of nitrogens with one attached hydrogen (secondary N) is 2. The van der Waals surface area contributed by atoms with Crippen LogP contribution in [0, 0.1) is 0 Å². The number of hydrogen-bond donors (Lipinski definition) is 3. The van der Waals surface area contributed by atoms with E-state index in [0.717, 1.165) is 76.6 Å². The van der Waals surface area contributed by atoms with Gasteiger partial charge in [-0.25, -0.2) is 14.8 Å². The molecule has 8 heteroatoms. The van der Waals surface area contributed by atoms with Gasteiger partial charge in [0.15, 0.2) is 5.82 Å². The molecule has 4 N–H and O–H groups in total. The number of fused-ring (bicyclic) bond motifs is 3. The first-order valence-electron chi connectivity index (χ1n) is 11.4. The van der Waals surface area contributed by atoms with Crippen molar-refractivity contribution in [1.82, 2.24) is 19.9 Å². The Bertz CT molecular complexity index is 1270. The number of aromatic nitrogens is 3. The van der Waals surface area contributed by atoms with Gasteiger partial charge in [0.25, 0.3) is 0 Å². The molecule has 0 bridgehead atoms. The standard InChI is InChI=1S/C25H29BrN6O/c1-2-3-14-21-31-22-23(17-10-4-6-12-19(17)29-24(22)27)32(21)16-9-8-15-28-25(33)30-20-13-7-5-11-18(20)26/h4-7,10-13H,2-3,8-9,14-16H2,1H3,(H2,27,29)(H2,28,30,33). The number of nitrogens with zero attached hydrogens (tertiary/aromatic N) is 3. The van der Waals surface area contributed by atoms with Crippen molar-refractivity contribution in [2.24, 2.45) is 0 Å². The summed E-state index contributed by atoms with van der Waals surface area (Å²) in [5, 5.41) is 6.87. The van der Waals surface area contributed by atoms with E-state index in [9.17, 15) is 4.79 Å². The van der Waals surface area contributed by atoms with Crippen molar-refractivity contribution in [3.05, 3.63) is 58.8 Å². The summed E-state index contributed by atoms with van der Waals surface area (Å²) < 4.78 is 3.15. The van der Waals surface area contributed by atoms with Gasteiger partial charge in [0.05, 0.1) is 16.7 Å². The normalized spacial score (nSPS) is 11.2. The van der Waals surface area contributed by atoms with Crippen molar-refractivity contribution in [1.29, 1.82) is 0 Å². The molecule has 0 aliphatic rings. The molecule has 0 aliphatic heterocycles. The van der Waals surface area contributed by atoms with E-state index >= 15 is 0 Å². The molecule has 2 amide bonds. The van der Waals surface area contributed by atoms with Gasteiger partial charge in [-0.05, 0) is 53.4 Å². The topological polar surface area (TPSA) is 97.9 Å². The van der Waals surface area contributed by atoms with Crippen LogP contribution in [0.25, 0.3) is 21.9 Å². The molecule has 0 aliphatic carbocycles. The molecular formula is C25H29BrN6O. The predicted molar refractivity (Wildman–Crippen MR) is 138 cm³/mol. The molecule has 4 aromatic rings. The number of anilines is 2. The summed E-state index contributed by atoms with van der Waals surface area (Å²) in [6, 6.07) is 15.4. The third-order valence-electron chi connectivity index (χ3n) is 5.66. The van der Waals surface area contributed by atoms with Gasteiger partial charge in [-0.1, -0.05) is 43.7 Å². The van der Waals surface area contributed by atoms with Gasteiger partial charge in [0, 0.05) is 29.4 Å². The average Bonchev–Trinajstić information content (AvgIpc) is 3.18. The lowest BCUT2D eigenvalue weighted by molar-refractivity contribution is 0.252. The first-order valence-corrected chi connectivity index (χ1v) is 12.2. The van der Waals surface area contributed by atoms with Gasteiger partial charge in [-0.2, -0.15) is 0 Å². The molecule has 0 atom stereocenters. The van der Waals surface area contributed by atoms with E-state index in [1.807, 2.05) is 42.5 Å². The lowest BCUT2D eigenvalue weighted by Gasteiger charge is -2.12. The molecule has 7 nitrogen and oxygen atoms in total. The summed E-state index contributed by atoms with van der Waals surface area (Å²) in [7, 11) is 0. The fourth-order valence-corrected chi connectivity index (χ4v) is 4.38. The van der Waals surface area contributed by atoms with Crippen LogP contribution >= 0.6 is 15.9 Å². The third kappa shape index (κ3) is 5.27. The Balaban J connectivity index is 1.44. The fourth-order valence-electron chi connectivity index (χ4n) is 4.00. The van der Waals surface area contributed by atoms with Crippen LogP contribution in [-0.4, -0.2) is 27.1 Å². The Morgan fingerprint density at radius 1 is 1.06 bits per heavy atom. The number of para-hydroxylation sites is 2. The quantitative estimate of drug-likeness (QED) is 0.246. The highest BCUT2D eigenvalue weighted by molar-refractivity contribution is 9.10. The van der Waals surface area contributed by atoms with Crippen molar-refractivity contribution >= 4 is 55.4 Å². The molecule has 0 saturated carbocycles. The number of rotatable bonds is 9. The summed E-state index contributed by atoms with van der Waals surface area (Å²) in [6.45, 7) is 3.59. The van der Waals surface area contributed by atoms with Crippen molar-refractivity contribution in [2.75, 3.05) is 17.6 Å². The number of urea groups is 1. The average molecular weight is 509 g/mol. The minimum atomic E-state index is -0.205. The molecule has 2 aromatic carbocycles. The number of aryl methyl sites for hydroxylation is 2. The maximum Gasteiger partial charge on any atom is 0.319 e. The summed E-state index contributed by atoms with van der Waals surface area (Å²) in [5.74, 6) is 1.53. The largest absolute Gasteiger partial charge is 0.382 e.